The number of hydrogen-bond donors (Lipinski definition) is 1. The average molecular weight is 248 g/mol. The molecule has 1 heterocycles. The second-order valence-corrected chi connectivity index (χ2v) is 5.11. The van der Waals surface area contributed by atoms with Gasteiger partial charge in [0, 0.05) is 11.7 Å². The Bertz CT molecular complexity index is 386. The predicted molar refractivity (Wildman–Crippen MR) is 74.1 cm³/mol. The van der Waals surface area contributed by atoms with Gasteiger partial charge in [-0.1, -0.05) is 13.8 Å². The third-order valence-electron chi connectivity index (χ3n) is 3.48. The van der Waals surface area contributed by atoms with Crippen molar-refractivity contribution in [2.75, 3.05) is 6.54 Å². The van der Waals surface area contributed by atoms with Crippen molar-refractivity contribution < 1.29 is 4.74 Å². The van der Waals surface area contributed by atoms with Crippen molar-refractivity contribution in [3.63, 3.8) is 0 Å². The Hall–Kier alpha value is -1.09. The molecule has 18 heavy (non-hydrogen) atoms. The van der Waals surface area contributed by atoms with E-state index in [1.807, 2.05) is 13.0 Å². The van der Waals surface area contributed by atoms with E-state index >= 15 is 0 Å². The molecule has 0 bridgehead atoms. The molecule has 0 atom stereocenters. The Morgan fingerprint density at radius 2 is 2.11 bits per heavy atom. The van der Waals surface area contributed by atoms with Gasteiger partial charge >= 0.3 is 0 Å². The highest BCUT2D eigenvalue weighted by Crippen LogP contribution is 2.28. The summed E-state index contributed by atoms with van der Waals surface area (Å²) < 4.78 is 6.04. The van der Waals surface area contributed by atoms with E-state index in [0.29, 0.717) is 12.1 Å². The first-order chi connectivity index (χ1) is 8.72. The number of rotatable bonds is 6. The Kier molecular flexibility index (Phi) is 4.59. The Balaban J connectivity index is 1.84. The third-order valence-corrected chi connectivity index (χ3v) is 3.48. The van der Waals surface area contributed by atoms with Crippen LogP contribution in [-0.4, -0.2) is 23.7 Å². The van der Waals surface area contributed by atoms with Gasteiger partial charge in [-0.25, -0.2) is 0 Å². The van der Waals surface area contributed by atoms with Crippen LogP contribution < -0.4 is 10.1 Å². The molecule has 0 aromatic carbocycles. The molecule has 0 unspecified atom stereocenters. The number of nitrogens with one attached hydrogen (secondary N) is 1. The SMILES string of the molecule is CCCNC1CC(Oc2ccc(C)nc2CC)C1. The van der Waals surface area contributed by atoms with Gasteiger partial charge in [-0.2, -0.15) is 0 Å². The molecule has 1 saturated carbocycles. The van der Waals surface area contributed by atoms with Crippen LogP contribution in [0.4, 0.5) is 0 Å². The zero-order valence-corrected chi connectivity index (χ0v) is 11.7. The maximum Gasteiger partial charge on any atom is 0.141 e. The number of aryl methyl sites for hydroxylation is 2. The maximum atomic E-state index is 6.04. The fourth-order valence-corrected chi connectivity index (χ4v) is 2.31. The van der Waals surface area contributed by atoms with Crippen LogP contribution in [0.15, 0.2) is 12.1 Å². The van der Waals surface area contributed by atoms with Crippen molar-refractivity contribution in [1.29, 1.82) is 0 Å². The molecule has 0 spiro atoms. The van der Waals surface area contributed by atoms with E-state index in [1.165, 1.54) is 6.42 Å². The molecule has 1 aromatic heterocycles. The topological polar surface area (TPSA) is 34.1 Å². The van der Waals surface area contributed by atoms with Gasteiger partial charge in [-0.3, -0.25) is 4.98 Å². The van der Waals surface area contributed by atoms with Gasteiger partial charge in [0.15, 0.2) is 0 Å². The zero-order chi connectivity index (χ0) is 13.0. The van der Waals surface area contributed by atoms with Crippen LogP contribution in [-0.2, 0) is 6.42 Å². The number of nitrogens with zero attached hydrogens (tertiary/aromatic N) is 1. The van der Waals surface area contributed by atoms with Crippen LogP contribution in [0.1, 0.15) is 44.5 Å². The molecule has 3 heteroatoms. The first-order valence-corrected chi connectivity index (χ1v) is 7.09. The summed E-state index contributed by atoms with van der Waals surface area (Å²) in [6.45, 7) is 7.47. The first-order valence-electron chi connectivity index (χ1n) is 7.09. The molecule has 0 radical (unpaired) electrons. The summed E-state index contributed by atoms with van der Waals surface area (Å²) in [7, 11) is 0. The fourth-order valence-electron chi connectivity index (χ4n) is 2.31. The van der Waals surface area contributed by atoms with E-state index in [9.17, 15) is 0 Å². The molecule has 1 fully saturated rings. The van der Waals surface area contributed by atoms with Crippen molar-refractivity contribution in [3.8, 4) is 5.75 Å². The molecule has 1 N–H and O–H groups in total. The van der Waals surface area contributed by atoms with E-state index in [1.54, 1.807) is 0 Å². The minimum atomic E-state index is 0.370. The summed E-state index contributed by atoms with van der Waals surface area (Å²) in [5.74, 6) is 0.974. The summed E-state index contributed by atoms with van der Waals surface area (Å²) in [6, 6.07) is 4.74. The van der Waals surface area contributed by atoms with Gasteiger partial charge in [-0.15, -0.1) is 0 Å². The minimum Gasteiger partial charge on any atom is -0.488 e. The second-order valence-electron chi connectivity index (χ2n) is 5.11. The number of hydrogen-bond acceptors (Lipinski definition) is 3. The highest BCUT2D eigenvalue weighted by atomic mass is 16.5. The molecular weight excluding hydrogens is 224 g/mol. The van der Waals surface area contributed by atoms with E-state index in [4.69, 9.17) is 4.74 Å². The molecule has 1 aliphatic rings. The van der Waals surface area contributed by atoms with Gasteiger partial charge in [0.25, 0.3) is 0 Å². The third kappa shape index (κ3) is 3.22. The number of aromatic nitrogens is 1. The van der Waals surface area contributed by atoms with E-state index in [2.05, 4.69) is 30.2 Å². The van der Waals surface area contributed by atoms with Gasteiger partial charge < -0.3 is 10.1 Å². The molecule has 1 aliphatic carbocycles. The van der Waals surface area contributed by atoms with Crippen molar-refractivity contribution in [1.82, 2.24) is 10.3 Å². The lowest BCUT2D eigenvalue weighted by molar-refractivity contribution is 0.0838. The van der Waals surface area contributed by atoms with Gasteiger partial charge in [0.05, 0.1) is 5.69 Å². The lowest BCUT2D eigenvalue weighted by Crippen LogP contribution is -2.47. The smallest absolute Gasteiger partial charge is 0.141 e. The Morgan fingerprint density at radius 3 is 2.78 bits per heavy atom. The van der Waals surface area contributed by atoms with Crippen molar-refractivity contribution in [2.24, 2.45) is 0 Å². The summed E-state index contributed by atoms with van der Waals surface area (Å²) in [4.78, 5) is 4.53. The lowest BCUT2D eigenvalue weighted by atomic mass is 9.89. The molecule has 2 rings (SSSR count). The van der Waals surface area contributed by atoms with E-state index in [0.717, 1.165) is 42.9 Å². The van der Waals surface area contributed by atoms with Crippen molar-refractivity contribution in [3.05, 3.63) is 23.5 Å². The summed E-state index contributed by atoms with van der Waals surface area (Å²) in [5, 5.41) is 3.53. The van der Waals surface area contributed by atoms with Crippen LogP contribution in [0.25, 0.3) is 0 Å². The van der Waals surface area contributed by atoms with Crippen LogP contribution in [0.2, 0.25) is 0 Å². The van der Waals surface area contributed by atoms with Gasteiger partial charge in [-0.05, 0) is 51.3 Å². The normalized spacial score (nSPS) is 22.6. The zero-order valence-electron chi connectivity index (χ0n) is 11.7. The second kappa shape index (κ2) is 6.19. The summed E-state index contributed by atoms with van der Waals surface area (Å²) >= 11 is 0. The molecule has 1 aromatic rings. The van der Waals surface area contributed by atoms with Crippen LogP contribution in [0.3, 0.4) is 0 Å². The average Bonchev–Trinajstić information content (AvgIpc) is 2.33. The number of ether oxygens (including phenoxy) is 1. The molecule has 100 valence electrons. The fraction of sp³-hybridized carbons (Fsp3) is 0.667. The largest absolute Gasteiger partial charge is 0.488 e. The molecular formula is C15H24N2O. The van der Waals surface area contributed by atoms with Crippen LogP contribution in [0, 0.1) is 6.92 Å². The predicted octanol–water partition coefficient (Wildman–Crippen LogP) is 2.86. The lowest BCUT2D eigenvalue weighted by Gasteiger charge is -2.36. The molecule has 3 nitrogen and oxygen atoms in total. The first kappa shape index (κ1) is 13.3. The van der Waals surface area contributed by atoms with E-state index < -0.39 is 0 Å². The molecule has 0 amide bonds. The van der Waals surface area contributed by atoms with E-state index in [-0.39, 0.29) is 0 Å². The minimum absolute atomic E-state index is 0.370. The standard InChI is InChI=1S/C15H24N2O/c1-4-8-16-12-9-13(10-12)18-15-7-6-11(3)17-14(15)5-2/h6-7,12-13,16H,4-5,8-10H2,1-3H3. The highest BCUT2D eigenvalue weighted by Gasteiger charge is 2.30. The molecule has 0 aliphatic heterocycles. The van der Waals surface area contributed by atoms with Crippen LogP contribution >= 0.6 is 0 Å². The Labute approximate surface area is 110 Å². The summed E-state index contributed by atoms with van der Waals surface area (Å²) in [6.07, 6.45) is 4.74. The number of pyridine rings is 1. The van der Waals surface area contributed by atoms with Gasteiger partial charge in [0.2, 0.25) is 0 Å². The monoisotopic (exact) mass is 248 g/mol. The van der Waals surface area contributed by atoms with Gasteiger partial charge in [0.1, 0.15) is 11.9 Å². The van der Waals surface area contributed by atoms with Crippen LogP contribution in [0.5, 0.6) is 5.75 Å². The van der Waals surface area contributed by atoms with Crippen molar-refractivity contribution >= 4 is 0 Å². The summed E-state index contributed by atoms with van der Waals surface area (Å²) in [5.41, 5.74) is 2.15. The highest BCUT2D eigenvalue weighted by molar-refractivity contribution is 5.29. The maximum absolute atomic E-state index is 6.04. The van der Waals surface area contributed by atoms with Crippen molar-refractivity contribution in [2.45, 2.75) is 58.6 Å². The Morgan fingerprint density at radius 1 is 1.33 bits per heavy atom. The molecule has 0 saturated heterocycles. The quantitative estimate of drug-likeness (QED) is 0.840.